The molecule has 0 atom stereocenters. The number of hydrogen-bond donors (Lipinski definition) is 1. The van der Waals surface area contributed by atoms with Gasteiger partial charge in [0, 0.05) is 0 Å². The summed E-state index contributed by atoms with van der Waals surface area (Å²) in [7, 11) is 0. The molecule has 0 bridgehead atoms. The lowest BCUT2D eigenvalue weighted by Gasteiger charge is -2.11. The summed E-state index contributed by atoms with van der Waals surface area (Å²) >= 11 is 6.06. The van der Waals surface area contributed by atoms with Crippen LogP contribution in [0.4, 0.5) is 11.4 Å². The Kier molecular flexibility index (Phi) is 3.48. The summed E-state index contributed by atoms with van der Waals surface area (Å²) in [6, 6.07) is 16.3. The molecule has 2 aromatic rings. The molecule has 0 aliphatic carbocycles. The van der Waals surface area contributed by atoms with Gasteiger partial charge in [-0.25, -0.2) is 0 Å². The second-order valence-electron chi connectivity index (χ2n) is 3.56. The number of nitrogens with one attached hydrogen (secondary N) is 1. The summed E-state index contributed by atoms with van der Waals surface area (Å²) in [5.74, 6) is 0. The minimum atomic E-state index is 0.440. The van der Waals surface area contributed by atoms with E-state index in [1.165, 1.54) is 0 Å². The third kappa shape index (κ3) is 2.27. The van der Waals surface area contributed by atoms with Gasteiger partial charge in [-0.05, 0) is 24.3 Å². The summed E-state index contributed by atoms with van der Waals surface area (Å²) in [5.41, 5.74) is 2.09. The maximum atomic E-state index is 9.03. The summed E-state index contributed by atoms with van der Waals surface area (Å²) < 4.78 is 0. The van der Waals surface area contributed by atoms with Gasteiger partial charge in [0.15, 0.2) is 0 Å². The summed E-state index contributed by atoms with van der Waals surface area (Å²) in [5, 5.41) is 21.5. The van der Waals surface area contributed by atoms with Crippen LogP contribution in [0.5, 0.6) is 0 Å². The lowest BCUT2D eigenvalue weighted by atomic mass is 10.1. The smallest absolute Gasteiger partial charge is 0.101 e. The molecule has 4 heteroatoms. The van der Waals surface area contributed by atoms with Gasteiger partial charge in [0.1, 0.15) is 12.1 Å². The molecule has 2 rings (SSSR count). The van der Waals surface area contributed by atoms with E-state index in [2.05, 4.69) is 17.5 Å². The Balaban J connectivity index is 2.48. The van der Waals surface area contributed by atoms with Crippen LogP contribution in [0.15, 0.2) is 42.5 Å². The van der Waals surface area contributed by atoms with Crippen molar-refractivity contribution in [3.63, 3.8) is 0 Å². The molecule has 0 spiro atoms. The molecule has 0 aromatic heterocycles. The molecule has 0 amide bonds. The molecule has 0 aliphatic rings. The zero-order valence-electron chi connectivity index (χ0n) is 9.31. The number of anilines is 2. The Morgan fingerprint density at radius 1 is 0.889 bits per heavy atom. The van der Waals surface area contributed by atoms with E-state index in [0.717, 1.165) is 0 Å². The van der Waals surface area contributed by atoms with Crippen molar-refractivity contribution in [2.45, 2.75) is 0 Å². The molecule has 0 fully saturated rings. The van der Waals surface area contributed by atoms with Crippen molar-refractivity contribution in [2.75, 3.05) is 5.32 Å². The largest absolute Gasteiger partial charge is 0.352 e. The molecule has 18 heavy (non-hydrogen) atoms. The van der Waals surface area contributed by atoms with Crippen LogP contribution in [0.1, 0.15) is 11.1 Å². The van der Waals surface area contributed by atoms with E-state index in [-0.39, 0.29) is 0 Å². The van der Waals surface area contributed by atoms with E-state index >= 15 is 0 Å². The number of halogens is 1. The van der Waals surface area contributed by atoms with E-state index in [0.29, 0.717) is 27.5 Å². The van der Waals surface area contributed by atoms with Gasteiger partial charge in [-0.3, -0.25) is 0 Å². The van der Waals surface area contributed by atoms with Crippen molar-refractivity contribution >= 4 is 23.0 Å². The maximum absolute atomic E-state index is 9.03. The highest BCUT2D eigenvalue weighted by Gasteiger charge is 2.08. The third-order valence-electron chi connectivity index (χ3n) is 2.44. The molecular formula is C14H8ClN3. The van der Waals surface area contributed by atoms with Gasteiger partial charge in [-0.2, -0.15) is 10.5 Å². The van der Waals surface area contributed by atoms with E-state index in [1.807, 2.05) is 6.07 Å². The van der Waals surface area contributed by atoms with E-state index in [4.69, 9.17) is 22.1 Å². The average molecular weight is 254 g/mol. The standard InChI is InChI=1S/C14H8ClN3/c15-12-6-3-5-11(9-17)14(12)18-13-7-2-1-4-10(13)8-16/h1-7,18H. The normalized spacial score (nSPS) is 9.28. The van der Waals surface area contributed by atoms with Crippen LogP contribution in [-0.2, 0) is 0 Å². The first-order valence-electron chi connectivity index (χ1n) is 5.21. The maximum Gasteiger partial charge on any atom is 0.101 e. The predicted octanol–water partition coefficient (Wildman–Crippen LogP) is 3.83. The summed E-state index contributed by atoms with van der Waals surface area (Å²) in [6.45, 7) is 0. The highest BCUT2D eigenvalue weighted by molar-refractivity contribution is 6.33. The van der Waals surface area contributed by atoms with Gasteiger partial charge in [0.25, 0.3) is 0 Å². The van der Waals surface area contributed by atoms with Crippen LogP contribution in [0.2, 0.25) is 5.02 Å². The Labute approximate surface area is 110 Å². The topological polar surface area (TPSA) is 59.6 Å². The molecule has 1 N–H and O–H groups in total. The van der Waals surface area contributed by atoms with Crippen LogP contribution in [0.3, 0.4) is 0 Å². The zero-order chi connectivity index (χ0) is 13.0. The molecule has 0 saturated carbocycles. The van der Waals surface area contributed by atoms with Crippen molar-refractivity contribution < 1.29 is 0 Å². The van der Waals surface area contributed by atoms with E-state index in [1.54, 1.807) is 36.4 Å². The predicted molar refractivity (Wildman–Crippen MR) is 70.6 cm³/mol. The molecule has 0 heterocycles. The van der Waals surface area contributed by atoms with Crippen LogP contribution in [0, 0.1) is 22.7 Å². The number of nitrogens with zero attached hydrogens (tertiary/aromatic N) is 2. The number of nitriles is 2. The van der Waals surface area contributed by atoms with Gasteiger partial charge in [0.2, 0.25) is 0 Å². The van der Waals surface area contributed by atoms with Crippen LogP contribution >= 0.6 is 11.6 Å². The fourth-order valence-electron chi connectivity index (χ4n) is 1.57. The number of rotatable bonds is 2. The van der Waals surface area contributed by atoms with Gasteiger partial charge < -0.3 is 5.32 Å². The SMILES string of the molecule is N#Cc1ccccc1Nc1c(Cl)cccc1C#N. The van der Waals surface area contributed by atoms with Gasteiger partial charge in [-0.1, -0.05) is 29.8 Å². The number of benzene rings is 2. The Morgan fingerprint density at radius 2 is 1.56 bits per heavy atom. The first-order chi connectivity index (χ1) is 8.76. The van der Waals surface area contributed by atoms with Crippen LogP contribution < -0.4 is 5.32 Å². The van der Waals surface area contributed by atoms with Gasteiger partial charge in [0.05, 0.1) is 27.5 Å². The van der Waals surface area contributed by atoms with Gasteiger partial charge in [-0.15, -0.1) is 0 Å². The highest BCUT2D eigenvalue weighted by atomic mass is 35.5. The van der Waals surface area contributed by atoms with Crippen LogP contribution in [0.25, 0.3) is 0 Å². The fourth-order valence-corrected chi connectivity index (χ4v) is 1.79. The molecule has 2 aromatic carbocycles. The average Bonchev–Trinajstić information content (AvgIpc) is 2.41. The minimum Gasteiger partial charge on any atom is -0.352 e. The van der Waals surface area contributed by atoms with E-state index in [9.17, 15) is 0 Å². The molecule has 0 aliphatic heterocycles. The zero-order valence-corrected chi connectivity index (χ0v) is 10.1. The van der Waals surface area contributed by atoms with Crippen LogP contribution in [-0.4, -0.2) is 0 Å². The molecule has 86 valence electrons. The minimum absolute atomic E-state index is 0.440. The Morgan fingerprint density at radius 3 is 2.28 bits per heavy atom. The Bertz CT molecular complexity index is 665. The monoisotopic (exact) mass is 253 g/mol. The summed E-state index contributed by atoms with van der Waals surface area (Å²) in [6.07, 6.45) is 0. The Hall–Kier alpha value is -2.49. The first kappa shape index (κ1) is 12.0. The van der Waals surface area contributed by atoms with Crippen molar-refractivity contribution in [3.8, 4) is 12.1 Å². The third-order valence-corrected chi connectivity index (χ3v) is 2.76. The van der Waals surface area contributed by atoms with E-state index < -0.39 is 0 Å². The molecule has 3 nitrogen and oxygen atoms in total. The molecule has 0 saturated heterocycles. The number of hydrogen-bond acceptors (Lipinski definition) is 3. The first-order valence-corrected chi connectivity index (χ1v) is 5.59. The summed E-state index contributed by atoms with van der Waals surface area (Å²) in [4.78, 5) is 0. The quantitative estimate of drug-likeness (QED) is 0.885. The number of para-hydroxylation sites is 2. The van der Waals surface area contributed by atoms with Crippen molar-refractivity contribution in [3.05, 3.63) is 58.6 Å². The second-order valence-corrected chi connectivity index (χ2v) is 3.96. The van der Waals surface area contributed by atoms with Gasteiger partial charge >= 0.3 is 0 Å². The second kappa shape index (κ2) is 5.23. The van der Waals surface area contributed by atoms with Crippen molar-refractivity contribution in [1.82, 2.24) is 0 Å². The highest BCUT2D eigenvalue weighted by Crippen LogP contribution is 2.29. The lowest BCUT2D eigenvalue weighted by molar-refractivity contribution is 1.44. The fraction of sp³-hybridized carbons (Fsp3) is 0. The molecule has 0 unspecified atom stereocenters. The van der Waals surface area contributed by atoms with Crippen molar-refractivity contribution in [2.24, 2.45) is 0 Å². The van der Waals surface area contributed by atoms with Crippen molar-refractivity contribution in [1.29, 1.82) is 10.5 Å². The molecular weight excluding hydrogens is 246 g/mol. The molecule has 0 radical (unpaired) electrons. The lowest BCUT2D eigenvalue weighted by Crippen LogP contribution is -1.96.